The number of likely N-dealkylation sites (tertiary alicyclic amines) is 1. The van der Waals surface area contributed by atoms with E-state index in [1.165, 1.54) is 11.8 Å². The van der Waals surface area contributed by atoms with E-state index in [0.717, 1.165) is 6.42 Å². The highest BCUT2D eigenvalue weighted by molar-refractivity contribution is 6.46. The normalized spacial score (nSPS) is 17.5. The maximum Gasteiger partial charge on any atom is 0.308 e. The molecule has 3 rings (SSSR count). The van der Waals surface area contributed by atoms with Crippen molar-refractivity contribution < 1.29 is 29.0 Å². The summed E-state index contributed by atoms with van der Waals surface area (Å²) in [7, 11) is 0. The SMILES string of the molecule is CCCCN1C(=O)C(=O)/C(=C(\O)c2cccc(OC(C)C)c2)C1c1ccc(OC(C)=O)cc1. The minimum Gasteiger partial charge on any atom is -0.507 e. The fraction of sp³-hybridized carbons (Fsp3) is 0.346. The largest absolute Gasteiger partial charge is 0.507 e. The second-order valence-electron chi connectivity index (χ2n) is 8.20. The van der Waals surface area contributed by atoms with Crippen LogP contribution in [0.3, 0.4) is 0 Å². The van der Waals surface area contributed by atoms with Crippen molar-refractivity contribution in [1.82, 2.24) is 4.90 Å². The smallest absolute Gasteiger partial charge is 0.308 e. The van der Waals surface area contributed by atoms with Crippen LogP contribution in [-0.2, 0) is 14.4 Å². The molecule has 2 aromatic carbocycles. The Kier molecular flexibility index (Phi) is 7.53. The average molecular weight is 452 g/mol. The minimum atomic E-state index is -0.752. The molecular formula is C26H29NO6. The van der Waals surface area contributed by atoms with Crippen LogP contribution in [0.25, 0.3) is 5.76 Å². The highest BCUT2D eigenvalue weighted by Gasteiger charge is 2.45. The van der Waals surface area contributed by atoms with Crippen molar-refractivity contribution in [2.45, 2.75) is 52.7 Å². The molecule has 1 aliphatic heterocycles. The van der Waals surface area contributed by atoms with Crippen LogP contribution < -0.4 is 9.47 Å². The van der Waals surface area contributed by atoms with Gasteiger partial charge in [-0.2, -0.15) is 0 Å². The molecule has 1 unspecified atom stereocenters. The summed E-state index contributed by atoms with van der Waals surface area (Å²) in [5.41, 5.74) is 1.05. The van der Waals surface area contributed by atoms with Gasteiger partial charge < -0.3 is 19.5 Å². The second-order valence-corrected chi connectivity index (χ2v) is 8.20. The lowest BCUT2D eigenvalue weighted by Crippen LogP contribution is -2.30. The number of aliphatic hydroxyl groups excluding tert-OH is 1. The number of nitrogens with zero attached hydrogens (tertiary/aromatic N) is 1. The van der Waals surface area contributed by atoms with E-state index in [2.05, 4.69) is 0 Å². The summed E-state index contributed by atoms with van der Waals surface area (Å²) in [5, 5.41) is 11.2. The summed E-state index contributed by atoms with van der Waals surface area (Å²) in [6, 6.07) is 12.7. The number of amides is 1. The maximum absolute atomic E-state index is 13.0. The van der Waals surface area contributed by atoms with E-state index in [1.807, 2.05) is 20.8 Å². The lowest BCUT2D eigenvalue weighted by atomic mass is 9.95. The van der Waals surface area contributed by atoms with Gasteiger partial charge in [-0.05, 0) is 50.1 Å². The lowest BCUT2D eigenvalue weighted by molar-refractivity contribution is -0.139. The van der Waals surface area contributed by atoms with Crippen LogP contribution in [-0.4, -0.2) is 40.3 Å². The van der Waals surface area contributed by atoms with Crippen molar-refractivity contribution in [2.24, 2.45) is 0 Å². The second kappa shape index (κ2) is 10.3. The number of esters is 1. The number of rotatable bonds is 8. The van der Waals surface area contributed by atoms with Gasteiger partial charge in [0.15, 0.2) is 0 Å². The van der Waals surface area contributed by atoms with Crippen molar-refractivity contribution in [2.75, 3.05) is 6.54 Å². The van der Waals surface area contributed by atoms with Crippen molar-refractivity contribution in [1.29, 1.82) is 0 Å². The third-order valence-corrected chi connectivity index (χ3v) is 5.23. The van der Waals surface area contributed by atoms with Crippen LogP contribution in [0.4, 0.5) is 0 Å². The Hall–Kier alpha value is -3.61. The van der Waals surface area contributed by atoms with E-state index in [1.54, 1.807) is 48.5 Å². The zero-order valence-corrected chi connectivity index (χ0v) is 19.3. The van der Waals surface area contributed by atoms with Gasteiger partial charge in [0.2, 0.25) is 0 Å². The molecule has 1 saturated heterocycles. The Morgan fingerprint density at radius 3 is 2.39 bits per heavy atom. The maximum atomic E-state index is 13.0. The van der Waals surface area contributed by atoms with E-state index in [0.29, 0.717) is 35.6 Å². The molecule has 1 atom stereocenters. The highest BCUT2D eigenvalue weighted by Crippen LogP contribution is 2.40. The van der Waals surface area contributed by atoms with Gasteiger partial charge in [-0.3, -0.25) is 14.4 Å². The Bertz CT molecular complexity index is 1070. The Morgan fingerprint density at radius 2 is 1.79 bits per heavy atom. The number of ketones is 1. The Labute approximate surface area is 193 Å². The zero-order chi connectivity index (χ0) is 24.1. The summed E-state index contributed by atoms with van der Waals surface area (Å²) >= 11 is 0. The summed E-state index contributed by atoms with van der Waals surface area (Å²) < 4.78 is 10.8. The number of Topliss-reactive ketones (excluding diaryl/α,β-unsaturated/α-hetero) is 1. The van der Waals surface area contributed by atoms with E-state index in [9.17, 15) is 19.5 Å². The number of unbranched alkanes of at least 4 members (excludes halogenated alkanes) is 1. The molecule has 0 saturated carbocycles. The third-order valence-electron chi connectivity index (χ3n) is 5.23. The van der Waals surface area contributed by atoms with E-state index < -0.39 is 23.7 Å². The van der Waals surface area contributed by atoms with Crippen molar-refractivity contribution in [3.05, 3.63) is 65.2 Å². The Morgan fingerprint density at radius 1 is 1.09 bits per heavy atom. The number of aliphatic hydroxyl groups is 1. The van der Waals surface area contributed by atoms with E-state index in [4.69, 9.17) is 9.47 Å². The molecule has 2 aromatic rings. The minimum absolute atomic E-state index is 0.0260. The summed E-state index contributed by atoms with van der Waals surface area (Å²) in [6.45, 7) is 7.48. The molecule has 0 bridgehead atoms. The first-order chi connectivity index (χ1) is 15.7. The molecule has 1 fully saturated rings. The van der Waals surface area contributed by atoms with Gasteiger partial charge in [0, 0.05) is 19.0 Å². The molecule has 0 aliphatic carbocycles. The van der Waals surface area contributed by atoms with Crippen LogP contribution in [0, 0.1) is 0 Å². The molecule has 0 aromatic heterocycles. The molecule has 0 spiro atoms. The van der Waals surface area contributed by atoms with Gasteiger partial charge in [-0.15, -0.1) is 0 Å². The average Bonchev–Trinajstić information content (AvgIpc) is 3.02. The third kappa shape index (κ3) is 5.42. The first kappa shape index (κ1) is 24.0. The van der Waals surface area contributed by atoms with Gasteiger partial charge in [-0.1, -0.05) is 37.6 Å². The monoisotopic (exact) mass is 451 g/mol. The van der Waals surface area contributed by atoms with Gasteiger partial charge in [-0.25, -0.2) is 0 Å². The van der Waals surface area contributed by atoms with Crippen molar-refractivity contribution in [3.63, 3.8) is 0 Å². The molecule has 1 amide bonds. The summed E-state index contributed by atoms with van der Waals surface area (Å²) in [5.74, 6) is -1.16. The number of carbonyl (C=O) groups excluding carboxylic acids is 3. The molecule has 7 heteroatoms. The predicted octanol–water partition coefficient (Wildman–Crippen LogP) is 4.62. The van der Waals surface area contributed by atoms with Crippen molar-refractivity contribution in [3.8, 4) is 11.5 Å². The van der Waals surface area contributed by atoms with E-state index in [-0.39, 0.29) is 17.4 Å². The number of hydrogen-bond donors (Lipinski definition) is 1. The summed E-state index contributed by atoms with van der Waals surface area (Å²) in [6.07, 6.45) is 1.50. The van der Waals surface area contributed by atoms with Crippen LogP contribution in [0.15, 0.2) is 54.1 Å². The first-order valence-electron chi connectivity index (χ1n) is 11.1. The predicted molar refractivity (Wildman–Crippen MR) is 124 cm³/mol. The van der Waals surface area contributed by atoms with Gasteiger partial charge in [0.05, 0.1) is 17.7 Å². The van der Waals surface area contributed by atoms with Crippen LogP contribution in [0.1, 0.15) is 57.7 Å². The molecule has 33 heavy (non-hydrogen) atoms. The molecule has 7 nitrogen and oxygen atoms in total. The van der Waals surface area contributed by atoms with Crippen LogP contribution in [0.2, 0.25) is 0 Å². The van der Waals surface area contributed by atoms with Crippen LogP contribution >= 0.6 is 0 Å². The van der Waals surface area contributed by atoms with Gasteiger partial charge in [0.1, 0.15) is 17.3 Å². The first-order valence-corrected chi connectivity index (χ1v) is 11.1. The molecule has 0 radical (unpaired) electrons. The number of hydrogen-bond acceptors (Lipinski definition) is 6. The van der Waals surface area contributed by atoms with Gasteiger partial charge >= 0.3 is 5.97 Å². The quantitative estimate of drug-likeness (QED) is 0.207. The Balaban J connectivity index is 2.09. The van der Waals surface area contributed by atoms with Gasteiger partial charge in [0.25, 0.3) is 11.7 Å². The fourth-order valence-corrected chi connectivity index (χ4v) is 3.81. The zero-order valence-electron chi connectivity index (χ0n) is 19.3. The molecule has 1 heterocycles. The topological polar surface area (TPSA) is 93.1 Å². The molecule has 1 N–H and O–H groups in total. The number of benzene rings is 2. The standard InChI is InChI=1S/C26H29NO6/c1-5-6-14-27-23(18-10-12-20(13-11-18)33-17(4)28)22(25(30)26(27)31)24(29)19-8-7-9-21(15-19)32-16(2)3/h7-13,15-16,23,29H,5-6,14H2,1-4H3/b24-22-. The van der Waals surface area contributed by atoms with Crippen molar-refractivity contribution >= 4 is 23.4 Å². The lowest BCUT2D eigenvalue weighted by Gasteiger charge is -2.25. The molecular weight excluding hydrogens is 422 g/mol. The van der Waals surface area contributed by atoms with E-state index >= 15 is 0 Å². The highest BCUT2D eigenvalue weighted by atomic mass is 16.5. The number of ether oxygens (including phenoxy) is 2. The fourth-order valence-electron chi connectivity index (χ4n) is 3.81. The molecule has 174 valence electrons. The van der Waals surface area contributed by atoms with Crippen LogP contribution in [0.5, 0.6) is 11.5 Å². The molecule has 1 aliphatic rings. The number of carbonyl (C=O) groups is 3. The summed E-state index contributed by atoms with van der Waals surface area (Å²) in [4.78, 5) is 38.7.